The number of amides is 2. The summed E-state index contributed by atoms with van der Waals surface area (Å²) in [4.78, 5) is 25.2. The number of hydrazine groups is 2. The number of benzene rings is 2. The number of rotatable bonds is 10. The van der Waals surface area contributed by atoms with Crippen LogP contribution in [0.2, 0.25) is 0 Å². The molecule has 0 unspecified atom stereocenters. The van der Waals surface area contributed by atoms with Gasteiger partial charge in [-0.2, -0.15) is 0 Å². The first-order valence-corrected chi connectivity index (χ1v) is 9.64. The van der Waals surface area contributed by atoms with E-state index in [0.29, 0.717) is 24.2 Å². The predicted octanol–water partition coefficient (Wildman–Crippen LogP) is 1.54. The lowest BCUT2D eigenvalue weighted by atomic mass is 9.89. The van der Waals surface area contributed by atoms with E-state index < -0.39 is 11.8 Å². The number of carbonyl (C=O) groups is 2. The average Bonchev–Trinajstić information content (AvgIpc) is 2.73. The van der Waals surface area contributed by atoms with Gasteiger partial charge in [0.25, 0.3) is 11.8 Å². The van der Waals surface area contributed by atoms with E-state index in [2.05, 4.69) is 16.2 Å². The van der Waals surface area contributed by atoms with Crippen LogP contribution in [-0.2, 0) is 6.42 Å². The fourth-order valence-electron chi connectivity index (χ4n) is 3.55. The predicted molar refractivity (Wildman–Crippen MR) is 113 cm³/mol. The Balaban J connectivity index is 2.70. The van der Waals surface area contributed by atoms with Crippen molar-refractivity contribution in [1.29, 1.82) is 0 Å². The molecule has 0 aliphatic heterocycles. The first kappa shape index (κ1) is 21.6. The molecule has 0 radical (unpaired) electrons. The molecule has 0 heterocycles. The van der Waals surface area contributed by atoms with E-state index >= 15 is 0 Å². The molecule has 2 aromatic carbocycles. The van der Waals surface area contributed by atoms with Crippen LogP contribution in [0.5, 0.6) is 0 Å². The molecule has 0 fully saturated rings. The minimum Gasteiger partial charge on any atom is -0.384 e. The van der Waals surface area contributed by atoms with E-state index in [1.165, 1.54) is 0 Å². The van der Waals surface area contributed by atoms with Crippen molar-refractivity contribution in [3.8, 4) is 0 Å². The number of fused-ring (bicyclic) bond motifs is 1. The van der Waals surface area contributed by atoms with Gasteiger partial charge in [0.05, 0.1) is 16.8 Å². The summed E-state index contributed by atoms with van der Waals surface area (Å²) in [5.41, 5.74) is 11.9. The third kappa shape index (κ3) is 4.59. The Morgan fingerprint density at radius 3 is 2.11 bits per heavy atom. The molecule has 0 bridgehead atoms. The molecule has 0 spiro atoms. The maximum absolute atomic E-state index is 12.7. The topological polar surface area (TPSA) is 148 Å². The van der Waals surface area contributed by atoms with Crippen molar-refractivity contribution >= 4 is 28.3 Å². The quantitative estimate of drug-likeness (QED) is 0.158. The Morgan fingerprint density at radius 1 is 0.893 bits per heavy atom. The second kappa shape index (κ2) is 10.6. The van der Waals surface area contributed by atoms with Gasteiger partial charge in [0.1, 0.15) is 0 Å². The molecule has 0 aliphatic carbocycles. The van der Waals surface area contributed by atoms with E-state index in [1.807, 2.05) is 31.2 Å². The number of carbonyl (C=O) groups excluding carboxylic acids is 2. The van der Waals surface area contributed by atoms with Gasteiger partial charge in [0.15, 0.2) is 0 Å². The van der Waals surface area contributed by atoms with Crippen LogP contribution < -0.4 is 33.6 Å². The average molecular weight is 387 g/mol. The van der Waals surface area contributed by atoms with Crippen LogP contribution >= 0.6 is 0 Å². The van der Waals surface area contributed by atoms with Crippen molar-refractivity contribution < 1.29 is 9.59 Å². The molecule has 2 rings (SSSR count). The van der Waals surface area contributed by atoms with Gasteiger partial charge < -0.3 is 11.1 Å². The van der Waals surface area contributed by atoms with E-state index in [1.54, 1.807) is 0 Å². The fourth-order valence-corrected chi connectivity index (χ4v) is 3.55. The van der Waals surface area contributed by atoms with E-state index in [-0.39, 0.29) is 11.1 Å². The van der Waals surface area contributed by atoms with Gasteiger partial charge in [-0.25, -0.2) is 11.7 Å². The molecule has 8 nitrogen and oxygen atoms in total. The molecule has 0 saturated heterocycles. The zero-order valence-corrected chi connectivity index (χ0v) is 16.3. The van der Waals surface area contributed by atoms with Gasteiger partial charge in [-0.3, -0.25) is 20.4 Å². The summed E-state index contributed by atoms with van der Waals surface area (Å²) in [6.45, 7) is 3.22. The number of unbranched alkanes of at least 4 members (excludes halogenated alkanes) is 3. The largest absolute Gasteiger partial charge is 0.384 e. The molecular weight excluding hydrogens is 356 g/mol. The molecular formula is C20H30N6O2. The maximum Gasteiger partial charge on any atom is 0.268 e. The molecule has 8 heteroatoms. The molecule has 152 valence electrons. The third-order valence-electron chi connectivity index (χ3n) is 4.77. The highest BCUT2D eigenvalue weighted by atomic mass is 16.2. The number of nitrogens with two attached hydrogens (primary N) is 3. The Hall–Kier alpha value is -2.68. The molecule has 9 N–H and O–H groups in total. The van der Waals surface area contributed by atoms with Gasteiger partial charge in [-0.05, 0) is 49.1 Å². The molecule has 28 heavy (non-hydrogen) atoms. The van der Waals surface area contributed by atoms with Crippen LogP contribution in [-0.4, -0.2) is 24.9 Å². The highest BCUT2D eigenvalue weighted by Gasteiger charge is 2.26. The first-order valence-electron chi connectivity index (χ1n) is 9.64. The van der Waals surface area contributed by atoms with E-state index in [9.17, 15) is 9.59 Å². The second-order valence-corrected chi connectivity index (χ2v) is 6.58. The minimum absolute atomic E-state index is 0.211. The van der Waals surface area contributed by atoms with Crippen molar-refractivity contribution in [2.45, 2.75) is 39.0 Å². The van der Waals surface area contributed by atoms with Crippen LogP contribution in [0.1, 0.15) is 58.9 Å². The van der Waals surface area contributed by atoms with Crippen LogP contribution in [0.25, 0.3) is 10.8 Å². The number of nitrogen functional groups attached to an aromatic ring is 2. The lowest BCUT2D eigenvalue weighted by Crippen LogP contribution is -2.36. The van der Waals surface area contributed by atoms with E-state index in [0.717, 1.165) is 43.1 Å². The van der Waals surface area contributed by atoms with Gasteiger partial charge in [-0.15, -0.1) is 0 Å². The zero-order valence-electron chi connectivity index (χ0n) is 16.3. The summed E-state index contributed by atoms with van der Waals surface area (Å²) in [6.07, 6.45) is 4.82. The summed E-state index contributed by atoms with van der Waals surface area (Å²) in [5.74, 6) is 9.75. The molecule has 2 aromatic rings. The first-order chi connectivity index (χ1) is 13.6. The zero-order chi connectivity index (χ0) is 20.5. The van der Waals surface area contributed by atoms with Gasteiger partial charge in [0, 0.05) is 6.54 Å². The summed E-state index contributed by atoms with van der Waals surface area (Å²) in [6, 6.07) is 7.53. The standard InChI is InChI=1S/C20H30N6O2/c1-2-24-18-15(11-5-3-4-8-12-21)13-9-6-7-10-14(13)16(19(27)25-22)17(18)20(28)26-23/h6-7,9-10,24H,2-5,8,11-12,21-23H2,1H3,(H,25,27)(H,26,28). The van der Waals surface area contributed by atoms with Crippen LogP contribution in [0.15, 0.2) is 24.3 Å². The van der Waals surface area contributed by atoms with Gasteiger partial charge >= 0.3 is 0 Å². The number of hydrogen-bond donors (Lipinski definition) is 6. The van der Waals surface area contributed by atoms with Crippen molar-refractivity contribution in [3.63, 3.8) is 0 Å². The van der Waals surface area contributed by atoms with Crippen molar-refractivity contribution in [3.05, 3.63) is 41.0 Å². The normalized spacial score (nSPS) is 10.7. The van der Waals surface area contributed by atoms with Crippen LogP contribution in [0.3, 0.4) is 0 Å². The Bertz CT molecular complexity index is 837. The molecule has 0 atom stereocenters. The fraction of sp³-hybridized carbons (Fsp3) is 0.400. The lowest BCUT2D eigenvalue weighted by Gasteiger charge is -2.21. The van der Waals surface area contributed by atoms with Crippen LogP contribution in [0.4, 0.5) is 5.69 Å². The van der Waals surface area contributed by atoms with Gasteiger partial charge in [0.2, 0.25) is 0 Å². The Kier molecular flexibility index (Phi) is 8.19. The molecule has 0 saturated carbocycles. The SMILES string of the molecule is CCNc1c(C(=O)NN)c(C(=O)NN)c2ccccc2c1CCCCCCN. The summed E-state index contributed by atoms with van der Waals surface area (Å²) in [7, 11) is 0. The van der Waals surface area contributed by atoms with E-state index in [4.69, 9.17) is 17.4 Å². The Morgan fingerprint density at radius 2 is 1.50 bits per heavy atom. The van der Waals surface area contributed by atoms with Crippen molar-refractivity contribution in [2.24, 2.45) is 17.4 Å². The molecule has 0 aromatic heterocycles. The summed E-state index contributed by atoms with van der Waals surface area (Å²) < 4.78 is 0. The maximum atomic E-state index is 12.7. The second-order valence-electron chi connectivity index (χ2n) is 6.58. The molecule has 0 aliphatic rings. The monoisotopic (exact) mass is 386 g/mol. The molecule has 2 amide bonds. The number of nitrogens with one attached hydrogen (secondary N) is 3. The van der Waals surface area contributed by atoms with Crippen molar-refractivity contribution in [1.82, 2.24) is 10.9 Å². The van der Waals surface area contributed by atoms with Gasteiger partial charge in [-0.1, -0.05) is 37.1 Å². The number of aryl methyl sites for hydroxylation is 1. The number of hydrogen-bond acceptors (Lipinski definition) is 6. The highest BCUT2D eigenvalue weighted by Crippen LogP contribution is 2.36. The Labute approximate surface area is 165 Å². The third-order valence-corrected chi connectivity index (χ3v) is 4.77. The number of anilines is 1. The lowest BCUT2D eigenvalue weighted by molar-refractivity contribution is 0.0921. The highest BCUT2D eigenvalue weighted by molar-refractivity contribution is 6.19. The summed E-state index contributed by atoms with van der Waals surface area (Å²) >= 11 is 0. The minimum atomic E-state index is -0.538. The summed E-state index contributed by atoms with van der Waals surface area (Å²) in [5, 5.41) is 4.86. The smallest absolute Gasteiger partial charge is 0.268 e. The van der Waals surface area contributed by atoms with Crippen LogP contribution in [0, 0.1) is 0 Å². The van der Waals surface area contributed by atoms with Crippen molar-refractivity contribution in [2.75, 3.05) is 18.4 Å².